The highest BCUT2D eigenvalue weighted by Gasteiger charge is 2.36. The first-order chi connectivity index (χ1) is 6.18. The normalized spacial score (nSPS) is 37.5. The molecule has 3 aliphatic rings. The first-order valence-electron chi connectivity index (χ1n) is 4.97. The van der Waals surface area contributed by atoms with Crippen LogP contribution in [0.5, 0.6) is 0 Å². The highest BCUT2D eigenvalue weighted by Crippen LogP contribution is 2.29. The number of piperidine rings is 3. The quantitative estimate of drug-likeness (QED) is 0.440. The molecule has 0 aliphatic carbocycles. The Morgan fingerprint density at radius 2 is 2.08 bits per heavy atom. The van der Waals surface area contributed by atoms with Crippen molar-refractivity contribution in [3.05, 3.63) is 0 Å². The maximum absolute atomic E-state index is 7.40. The summed E-state index contributed by atoms with van der Waals surface area (Å²) in [7, 11) is 1.94. The zero-order valence-electron chi connectivity index (χ0n) is 8.16. The fourth-order valence-corrected chi connectivity index (χ4v) is 2.55. The molecule has 3 saturated heterocycles. The van der Waals surface area contributed by atoms with Gasteiger partial charge in [0.25, 0.3) is 0 Å². The molecule has 3 N–H and O–H groups in total. The molecule has 3 rings (SSSR count). The molecule has 2 bridgehead atoms. The predicted molar refractivity (Wildman–Crippen MR) is 52.6 cm³/mol. The lowest BCUT2D eigenvalue weighted by molar-refractivity contribution is 0.0415. The van der Waals surface area contributed by atoms with Crippen molar-refractivity contribution in [3.8, 4) is 0 Å². The van der Waals surface area contributed by atoms with Crippen LogP contribution in [0.15, 0.2) is 0 Å². The van der Waals surface area contributed by atoms with Gasteiger partial charge in [-0.05, 0) is 31.8 Å². The second-order valence-corrected chi connectivity index (χ2v) is 4.20. The maximum atomic E-state index is 7.40. The smallest absolute Gasteiger partial charge is 0.188 e. The van der Waals surface area contributed by atoms with Gasteiger partial charge in [0.05, 0.1) is 0 Å². The molecule has 13 heavy (non-hydrogen) atoms. The van der Waals surface area contributed by atoms with E-state index in [9.17, 15) is 0 Å². The minimum absolute atomic E-state index is 0.207. The number of likely N-dealkylation sites (N-methyl/N-ethyl adjacent to an activating group) is 1. The lowest BCUT2D eigenvalue weighted by atomic mass is 9.83. The van der Waals surface area contributed by atoms with Gasteiger partial charge in [-0.3, -0.25) is 5.41 Å². The van der Waals surface area contributed by atoms with Crippen LogP contribution in [-0.4, -0.2) is 48.5 Å². The van der Waals surface area contributed by atoms with Gasteiger partial charge in [-0.2, -0.15) is 0 Å². The van der Waals surface area contributed by atoms with Crippen molar-refractivity contribution in [1.82, 2.24) is 9.80 Å². The van der Waals surface area contributed by atoms with Crippen LogP contribution in [0, 0.1) is 11.3 Å². The first kappa shape index (κ1) is 8.81. The fourth-order valence-electron chi connectivity index (χ4n) is 2.55. The van der Waals surface area contributed by atoms with E-state index in [1.807, 2.05) is 11.9 Å². The van der Waals surface area contributed by atoms with Gasteiger partial charge < -0.3 is 15.5 Å². The molecule has 0 aromatic rings. The van der Waals surface area contributed by atoms with Crippen molar-refractivity contribution in [2.75, 3.05) is 26.7 Å². The van der Waals surface area contributed by atoms with E-state index in [0.717, 1.165) is 12.5 Å². The molecule has 4 heteroatoms. The Morgan fingerprint density at radius 3 is 2.46 bits per heavy atom. The molecular weight excluding hydrogens is 164 g/mol. The van der Waals surface area contributed by atoms with E-state index in [-0.39, 0.29) is 5.96 Å². The Labute approximate surface area is 79.2 Å². The Bertz CT molecular complexity index is 208. The van der Waals surface area contributed by atoms with Gasteiger partial charge in [0.2, 0.25) is 0 Å². The molecule has 1 atom stereocenters. The molecule has 0 aromatic heterocycles. The van der Waals surface area contributed by atoms with Crippen molar-refractivity contribution in [2.24, 2.45) is 11.7 Å². The van der Waals surface area contributed by atoms with Gasteiger partial charge in [0.15, 0.2) is 5.96 Å². The number of hydrogen-bond donors (Lipinski definition) is 2. The van der Waals surface area contributed by atoms with Crippen LogP contribution in [0.1, 0.15) is 12.8 Å². The van der Waals surface area contributed by atoms with Crippen LogP contribution < -0.4 is 5.73 Å². The van der Waals surface area contributed by atoms with Crippen molar-refractivity contribution in [2.45, 2.75) is 18.9 Å². The standard InChI is InChI=1S/C9H18N4/c1-12(9(10)11)8-6-13-4-2-7(8)3-5-13/h7-8H,2-6H2,1H3,(H3,10,11). The number of hydrogen-bond acceptors (Lipinski definition) is 2. The summed E-state index contributed by atoms with van der Waals surface area (Å²) in [4.78, 5) is 4.40. The number of nitrogens with two attached hydrogens (primary N) is 1. The Kier molecular flexibility index (Phi) is 2.15. The lowest BCUT2D eigenvalue weighted by Crippen LogP contribution is -2.58. The second-order valence-electron chi connectivity index (χ2n) is 4.20. The molecule has 4 nitrogen and oxygen atoms in total. The third-order valence-electron chi connectivity index (χ3n) is 3.50. The molecule has 0 amide bonds. The monoisotopic (exact) mass is 182 g/mol. The highest BCUT2D eigenvalue weighted by molar-refractivity contribution is 5.74. The number of fused-ring (bicyclic) bond motifs is 3. The average Bonchev–Trinajstić information content (AvgIpc) is 2.18. The van der Waals surface area contributed by atoms with Crippen molar-refractivity contribution >= 4 is 5.96 Å². The summed E-state index contributed by atoms with van der Waals surface area (Å²) in [5.74, 6) is 0.970. The predicted octanol–water partition coefficient (Wildman–Crippen LogP) is -0.0941. The van der Waals surface area contributed by atoms with Gasteiger partial charge in [-0.25, -0.2) is 0 Å². The molecule has 0 aromatic carbocycles. The van der Waals surface area contributed by atoms with Gasteiger partial charge >= 0.3 is 0 Å². The zero-order valence-corrected chi connectivity index (χ0v) is 8.16. The summed E-state index contributed by atoms with van der Waals surface area (Å²) in [6, 6.07) is 0.486. The van der Waals surface area contributed by atoms with E-state index in [0.29, 0.717) is 6.04 Å². The van der Waals surface area contributed by atoms with Crippen LogP contribution in [0.2, 0.25) is 0 Å². The summed E-state index contributed by atoms with van der Waals surface area (Å²) in [6.07, 6.45) is 2.56. The molecule has 0 spiro atoms. The Balaban J connectivity index is 2.04. The Morgan fingerprint density at radius 1 is 1.46 bits per heavy atom. The summed E-state index contributed by atoms with van der Waals surface area (Å²) in [6.45, 7) is 3.58. The molecule has 3 fully saturated rings. The number of guanidine groups is 1. The third kappa shape index (κ3) is 1.50. The van der Waals surface area contributed by atoms with E-state index < -0.39 is 0 Å². The number of nitrogens with one attached hydrogen (secondary N) is 1. The molecule has 0 saturated carbocycles. The van der Waals surface area contributed by atoms with E-state index in [1.54, 1.807) is 0 Å². The number of rotatable bonds is 1. The van der Waals surface area contributed by atoms with Crippen LogP contribution >= 0.6 is 0 Å². The second kappa shape index (κ2) is 3.18. The maximum Gasteiger partial charge on any atom is 0.188 e. The molecule has 3 heterocycles. The zero-order chi connectivity index (χ0) is 9.42. The number of nitrogens with zero attached hydrogens (tertiary/aromatic N) is 2. The Hall–Kier alpha value is -0.770. The molecule has 1 unspecified atom stereocenters. The molecule has 3 aliphatic heterocycles. The van der Waals surface area contributed by atoms with E-state index >= 15 is 0 Å². The van der Waals surface area contributed by atoms with Gasteiger partial charge in [0.1, 0.15) is 0 Å². The SMILES string of the molecule is CN(C(=N)N)C1CN2CCC1CC2. The van der Waals surface area contributed by atoms with E-state index in [2.05, 4.69) is 4.90 Å². The van der Waals surface area contributed by atoms with Crippen molar-refractivity contribution in [1.29, 1.82) is 5.41 Å². The summed E-state index contributed by atoms with van der Waals surface area (Å²) in [5.41, 5.74) is 5.49. The van der Waals surface area contributed by atoms with Crippen molar-refractivity contribution in [3.63, 3.8) is 0 Å². The van der Waals surface area contributed by atoms with Gasteiger partial charge in [-0.15, -0.1) is 0 Å². The molecule has 74 valence electrons. The van der Waals surface area contributed by atoms with E-state index in [4.69, 9.17) is 11.1 Å². The minimum atomic E-state index is 0.207. The van der Waals surface area contributed by atoms with Crippen LogP contribution in [0.3, 0.4) is 0 Å². The summed E-state index contributed by atoms with van der Waals surface area (Å²) >= 11 is 0. The van der Waals surface area contributed by atoms with Crippen molar-refractivity contribution < 1.29 is 0 Å². The largest absolute Gasteiger partial charge is 0.370 e. The van der Waals surface area contributed by atoms with E-state index in [1.165, 1.54) is 25.9 Å². The van der Waals surface area contributed by atoms with Gasteiger partial charge in [0, 0.05) is 19.6 Å². The fraction of sp³-hybridized carbons (Fsp3) is 0.889. The summed E-state index contributed by atoms with van der Waals surface area (Å²) < 4.78 is 0. The molecular formula is C9H18N4. The average molecular weight is 182 g/mol. The lowest BCUT2D eigenvalue weighted by Gasteiger charge is -2.48. The van der Waals surface area contributed by atoms with Gasteiger partial charge in [-0.1, -0.05) is 0 Å². The summed E-state index contributed by atoms with van der Waals surface area (Å²) in [5, 5.41) is 7.40. The minimum Gasteiger partial charge on any atom is -0.370 e. The molecule has 0 radical (unpaired) electrons. The highest BCUT2D eigenvalue weighted by atomic mass is 15.3. The van der Waals surface area contributed by atoms with Crippen LogP contribution in [-0.2, 0) is 0 Å². The third-order valence-corrected chi connectivity index (χ3v) is 3.50. The van der Waals surface area contributed by atoms with Crippen LogP contribution in [0.25, 0.3) is 0 Å². The topological polar surface area (TPSA) is 56.4 Å². The first-order valence-corrected chi connectivity index (χ1v) is 4.97. The van der Waals surface area contributed by atoms with Crippen LogP contribution in [0.4, 0.5) is 0 Å².